The van der Waals surface area contributed by atoms with Gasteiger partial charge in [-0.15, -0.1) is 0 Å². The van der Waals surface area contributed by atoms with Crippen molar-refractivity contribution >= 4 is 12.1 Å². The Morgan fingerprint density at radius 2 is 1.90 bits per heavy atom. The number of alkyl halides is 1. The van der Waals surface area contributed by atoms with Gasteiger partial charge >= 0.3 is 12.1 Å². The Labute approximate surface area is 173 Å². The Balaban J connectivity index is 1.85. The van der Waals surface area contributed by atoms with Crippen molar-refractivity contribution in [2.45, 2.75) is 45.2 Å². The average Bonchev–Trinajstić information content (AvgIpc) is 3.11. The summed E-state index contributed by atoms with van der Waals surface area (Å²) in [6.07, 6.45) is -0.366. The molecule has 0 aliphatic carbocycles. The average molecular weight is 423 g/mol. The zero-order chi connectivity index (χ0) is 22.3. The lowest BCUT2D eigenvalue weighted by molar-refractivity contribution is -0.148. The maximum absolute atomic E-state index is 14.1. The van der Waals surface area contributed by atoms with E-state index in [0.717, 1.165) is 11.1 Å². The molecule has 1 heterocycles. The first-order valence-corrected chi connectivity index (χ1v) is 9.31. The number of benzene rings is 1. The van der Waals surface area contributed by atoms with Gasteiger partial charge in [-0.25, -0.2) is 14.0 Å². The number of carbonyl (C=O) groups excluding carboxylic acids is 1. The summed E-state index contributed by atoms with van der Waals surface area (Å²) in [5, 5.41) is 24.4. The number of halogens is 1. The van der Waals surface area contributed by atoms with Crippen LogP contribution in [0.15, 0.2) is 36.7 Å². The van der Waals surface area contributed by atoms with Crippen molar-refractivity contribution in [3.8, 4) is 16.9 Å². The van der Waals surface area contributed by atoms with Gasteiger partial charge in [-0.3, -0.25) is 4.68 Å². The van der Waals surface area contributed by atoms with Gasteiger partial charge in [0, 0.05) is 11.8 Å². The van der Waals surface area contributed by atoms with Crippen LogP contribution in [0.3, 0.4) is 0 Å². The Bertz CT molecular complexity index is 847. The van der Waals surface area contributed by atoms with Gasteiger partial charge in [0.05, 0.1) is 19.3 Å². The Morgan fingerprint density at radius 3 is 2.50 bits per heavy atom. The monoisotopic (exact) mass is 423 g/mol. The number of nitrogens with one attached hydrogen (secondary N) is 1. The number of nitrogens with zero attached hydrogens (tertiary/aromatic N) is 2. The summed E-state index contributed by atoms with van der Waals surface area (Å²) < 4.78 is 25.8. The molecule has 1 amide bonds. The van der Waals surface area contributed by atoms with Crippen molar-refractivity contribution in [2.24, 2.45) is 0 Å². The molecule has 0 aliphatic rings. The van der Waals surface area contributed by atoms with Crippen LogP contribution in [0.4, 0.5) is 9.18 Å². The number of carboxylic acids is 1. The molecule has 0 bridgehead atoms. The predicted molar refractivity (Wildman–Crippen MR) is 106 cm³/mol. The number of ether oxygens (including phenoxy) is 2. The number of hydrogen-bond donors (Lipinski definition) is 3. The topological polar surface area (TPSA) is 123 Å². The number of aliphatic hydroxyl groups excluding tert-OH is 1. The smallest absolute Gasteiger partial charge is 0.407 e. The highest BCUT2D eigenvalue weighted by atomic mass is 19.1. The quantitative estimate of drug-likeness (QED) is 0.565. The number of aromatic nitrogens is 2. The number of hydrogen-bond acceptors (Lipinski definition) is 6. The molecular weight excluding hydrogens is 397 g/mol. The van der Waals surface area contributed by atoms with Crippen molar-refractivity contribution < 1.29 is 33.7 Å². The highest BCUT2D eigenvalue weighted by Gasteiger charge is 2.18. The van der Waals surface area contributed by atoms with Gasteiger partial charge in [0.2, 0.25) is 0 Å². The van der Waals surface area contributed by atoms with E-state index in [4.69, 9.17) is 14.6 Å². The third-order valence-corrected chi connectivity index (χ3v) is 3.77. The minimum atomic E-state index is -1.60. The summed E-state index contributed by atoms with van der Waals surface area (Å²) in [7, 11) is 0. The summed E-state index contributed by atoms with van der Waals surface area (Å²) in [5.41, 5.74) is 0.901. The van der Waals surface area contributed by atoms with E-state index in [-0.39, 0.29) is 19.7 Å². The van der Waals surface area contributed by atoms with Crippen LogP contribution in [0.1, 0.15) is 20.8 Å². The van der Waals surface area contributed by atoms with Crippen molar-refractivity contribution in [3.63, 3.8) is 0 Å². The fourth-order valence-corrected chi connectivity index (χ4v) is 2.38. The van der Waals surface area contributed by atoms with Crippen molar-refractivity contribution in [1.29, 1.82) is 0 Å². The van der Waals surface area contributed by atoms with Crippen molar-refractivity contribution in [1.82, 2.24) is 15.1 Å². The lowest BCUT2D eigenvalue weighted by Gasteiger charge is -2.20. The maximum atomic E-state index is 14.1. The second kappa shape index (κ2) is 10.1. The molecular formula is C20H26FN3O6. The van der Waals surface area contributed by atoms with Gasteiger partial charge in [-0.1, -0.05) is 12.1 Å². The molecule has 10 heteroatoms. The van der Waals surface area contributed by atoms with Crippen LogP contribution in [0.5, 0.6) is 5.75 Å². The Morgan fingerprint density at radius 1 is 1.23 bits per heavy atom. The molecule has 0 saturated carbocycles. The highest BCUT2D eigenvalue weighted by molar-refractivity contribution is 5.72. The van der Waals surface area contributed by atoms with E-state index in [0.29, 0.717) is 5.75 Å². The van der Waals surface area contributed by atoms with Gasteiger partial charge in [0.15, 0.2) is 6.10 Å². The van der Waals surface area contributed by atoms with Gasteiger partial charge in [0.25, 0.3) is 0 Å². The van der Waals surface area contributed by atoms with E-state index in [9.17, 15) is 19.1 Å². The van der Waals surface area contributed by atoms with Crippen LogP contribution in [-0.2, 0) is 16.1 Å². The van der Waals surface area contributed by atoms with Crippen LogP contribution in [0, 0.1) is 0 Å². The van der Waals surface area contributed by atoms with E-state index in [2.05, 4.69) is 10.4 Å². The van der Waals surface area contributed by atoms with Crippen LogP contribution in [0.25, 0.3) is 11.1 Å². The summed E-state index contributed by atoms with van der Waals surface area (Å²) >= 11 is 0. The molecule has 0 fully saturated rings. The third-order valence-electron chi connectivity index (χ3n) is 3.77. The summed E-state index contributed by atoms with van der Waals surface area (Å²) in [5.74, 6) is -0.949. The fraction of sp³-hybridized carbons (Fsp3) is 0.450. The second-order valence-corrected chi connectivity index (χ2v) is 7.62. The van der Waals surface area contributed by atoms with E-state index in [1.807, 2.05) is 0 Å². The molecule has 0 saturated heterocycles. The van der Waals surface area contributed by atoms with Gasteiger partial charge in [-0.2, -0.15) is 5.10 Å². The summed E-state index contributed by atoms with van der Waals surface area (Å²) in [6, 6.07) is 6.73. The Kier molecular flexibility index (Phi) is 7.76. The first-order valence-electron chi connectivity index (χ1n) is 9.31. The standard InChI is InChI=1S/C20H26FN3O6/c1-20(2,3)30-19(28)22-9-15(21)11-24-10-14(8-23-24)13-4-6-16(7-5-13)29-12-17(25)18(26)27/h4-8,10,15,17,25H,9,11-12H2,1-3H3,(H,22,28)(H,26,27)/t15?,17-/m1/s1. The minimum absolute atomic E-state index is 0.0376. The number of carbonyl (C=O) groups is 2. The number of carboxylic acid groups (broad SMARTS) is 1. The number of rotatable bonds is 9. The first-order chi connectivity index (χ1) is 14.0. The molecule has 3 N–H and O–H groups in total. The minimum Gasteiger partial charge on any atom is -0.490 e. The highest BCUT2D eigenvalue weighted by Crippen LogP contribution is 2.22. The Hall–Kier alpha value is -3.14. The van der Waals surface area contributed by atoms with Crippen LogP contribution < -0.4 is 10.1 Å². The molecule has 1 unspecified atom stereocenters. The second-order valence-electron chi connectivity index (χ2n) is 7.62. The number of amides is 1. The summed E-state index contributed by atoms with van der Waals surface area (Å²) in [4.78, 5) is 22.1. The molecule has 164 valence electrons. The molecule has 2 aromatic rings. The maximum Gasteiger partial charge on any atom is 0.407 e. The molecule has 2 rings (SSSR count). The lowest BCUT2D eigenvalue weighted by Crippen LogP contribution is -2.36. The SMILES string of the molecule is CC(C)(C)OC(=O)NCC(F)Cn1cc(-c2ccc(OC[C@@H](O)C(=O)O)cc2)cn1. The predicted octanol–water partition coefficient (Wildman–Crippen LogP) is 2.24. The molecule has 0 radical (unpaired) electrons. The molecule has 9 nitrogen and oxygen atoms in total. The van der Waals surface area contributed by atoms with Gasteiger partial charge in [0.1, 0.15) is 24.1 Å². The van der Waals surface area contributed by atoms with Crippen LogP contribution >= 0.6 is 0 Å². The number of alkyl carbamates (subject to hydrolysis) is 1. The van der Waals surface area contributed by atoms with Crippen LogP contribution in [-0.4, -0.2) is 63.1 Å². The van der Waals surface area contributed by atoms with Crippen molar-refractivity contribution in [2.75, 3.05) is 13.2 Å². The van der Waals surface area contributed by atoms with E-state index in [1.165, 1.54) is 4.68 Å². The molecule has 1 aromatic heterocycles. The fourth-order valence-electron chi connectivity index (χ4n) is 2.38. The molecule has 0 spiro atoms. The third kappa shape index (κ3) is 7.70. The van der Waals surface area contributed by atoms with E-state index >= 15 is 0 Å². The molecule has 1 aromatic carbocycles. The zero-order valence-electron chi connectivity index (χ0n) is 17.0. The number of aliphatic carboxylic acids is 1. The van der Waals surface area contributed by atoms with Crippen molar-refractivity contribution in [3.05, 3.63) is 36.7 Å². The largest absolute Gasteiger partial charge is 0.490 e. The normalized spacial score (nSPS) is 13.4. The lowest BCUT2D eigenvalue weighted by atomic mass is 10.1. The first kappa shape index (κ1) is 23.1. The van der Waals surface area contributed by atoms with E-state index < -0.39 is 29.9 Å². The van der Waals surface area contributed by atoms with Crippen LogP contribution in [0.2, 0.25) is 0 Å². The summed E-state index contributed by atoms with van der Waals surface area (Å²) in [6.45, 7) is 4.58. The van der Waals surface area contributed by atoms with Gasteiger partial charge in [-0.05, 0) is 38.5 Å². The molecule has 2 atom stereocenters. The van der Waals surface area contributed by atoms with Gasteiger partial charge < -0.3 is 25.0 Å². The molecule has 0 aliphatic heterocycles. The van der Waals surface area contributed by atoms with E-state index in [1.54, 1.807) is 57.4 Å². The number of aliphatic hydroxyl groups is 1. The zero-order valence-corrected chi connectivity index (χ0v) is 17.0. The molecule has 30 heavy (non-hydrogen) atoms.